The lowest BCUT2D eigenvalue weighted by molar-refractivity contribution is -0.256. The van der Waals surface area contributed by atoms with E-state index in [9.17, 15) is 4.79 Å². The smallest absolute Gasteiger partial charge is 0.351 e. The summed E-state index contributed by atoms with van der Waals surface area (Å²) in [6, 6.07) is -0.747. The third-order valence-electron chi connectivity index (χ3n) is 1.45. The van der Waals surface area contributed by atoms with Crippen LogP contribution < -0.4 is 5.73 Å². The molecular formula is C7H11N3O3. The van der Waals surface area contributed by atoms with Crippen molar-refractivity contribution in [2.24, 2.45) is 5.73 Å². The summed E-state index contributed by atoms with van der Waals surface area (Å²) >= 11 is 0. The number of H-pyrrole nitrogens is 1. The number of aromatic nitrogens is 2. The maximum atomic E-state index is 11.0. The van der Waals surface area contributed by atoms with E-state index in [2.05, 4.69) is 19.7 Å². The van der Waals surface area contributed by atoms with Crippen LogP contribution in [0.3, 0.4) is 0 Å². The summed E-state index contributed by atoms with van der Waals surface area (Å²) in [4.78, 5) is 26.1. The van der Waals surface area contributed by atoms with Crippen molar-refractivity contribution in [1.82, 2.24) is 9.97 Å². The Morgan fingerprint density at radius 3 is 3.15 bits per heavy atom. The van der Waals surface area contributed by atoms with Crippen LogP contribution in [0.1, 0.15) is 5.69 Å². The van der Waals surface area contributed by atoms with Gasteiger partial charge in [-0.2, -0.15) is 4.89 Å². The number of carbonyl (C=O) groups is 1. The lowest BCUT2D eigenvalue weighted by Gasteiger charge is -2.06. The molecule has 0 radical (unpaired) electrons. The van der Waals surface area contributed by atoms with Gasteiger partial charge in [-0.25, -0.2) is 9.78 Å². The number of hydrogen-bond donors (Lipinski definition) is 2. The number of imidazole rings is 1. The summed E-state index contributed by atoms with van der Waals surface area (Å²) in [6.45, 7) is 0. The van der Waals surface area contributed by atoms with E-state index in [-0.39, 0.29) is 0 Å². The number of carbonyl (C=O) groups excluding carboxylic acids is 1. The van der Waals surface area contributed by atoms with Crippen molar-refractivity contribution in [3.63, 3.8) is 0 Å². The monoisotopic (exact) mass is 185 g/mol. The van der Waals surface area contributed by atoms with Gasteiger partial charge in [0.2, 0.25) is 0 Å². The zero-order valence-electron chi connectivity index (χ0n) is 7.19. The molecule has 0 aromatic carbocycles. The van der Waals surface area contributed by atoms with Crippen LogP contribution in [0.25, 0.3) is 0 Å². The molecule has 0 saturated heterocycles. The summed E-state index contributed by atoms with van der Waals surface area (Å²) in [5, 5.41) is 0. The molecule has 13 heavy (non-hydrogen) atoms. The molecule has 0 aliphatic rings. The first kappa shape index (κ1) is 9.69. The first-order chi connectivity index (χ1) is 6.24. The molecule has 72 valence electrons. The minimum Gasteiger partial charge on any atom is -0.351 e. The van der Waals surface area contributed by atoms with Gasteiger partial charge in [0.1, 0.15) is 6.04 Å². The van der Waals surface area contributed by atoms with Gasteiger partial charge < -0.3 is 10.7 Å². The van der Waals surface area contributed by atoms with Crippen molar-refractivity contribution in [3.05, 3.63) is 18.2 Å². The third-order valence-corrected chi connectivity index (χ3v) is 1.45. The summed E-state index contributed by atoms with van der Waals surface area (Å²) in [6.07, 6.45) is 3.51. The zero-order valence-corrected chi connectivity index (χ0v) is 7.19. The Labute approximate surface area is 75.0 Å². The van der Waals surface area contributed by atoms with Crippen molar-refractivity contribution in [2.45, 2.75) is 12.5 Å². The molecule has 0 amide bonds. The Morgan fingerprint density at radius 2 is 2.62 bits per heavy atom. The number of aromatic amines is 1. The van der Waals surface area contributed by atoms with Gasteiger partial charge in [-0.05, 0) is 0 Å². The number of nitrogens with one attached hydrogen (secondary N) is 1. The van der Waals surface area contributed by atoms with Gasteiger partial charge in [-0.15, -0.1) is 0 Å². The Bertz CT molecular complexity index is 260. The van der Waals surface area contributed by atoms with Gasteiger partial charge in [0, 0.05) is 12.6 Å². The predicted molar refractivity (Wildman–Crippen MR) is 43.4 cm³/mol. The maximum absolute atomic E-state index is 11.0. The highest BCUT2D eigenvalue weighted by Gasteiger charge is 2.17. The Hall–Kier alpha value is -1.40. The summed E-state index contributed by atoms with van der Waals surface area (Å²) in [7, 11) is 1.25. The van der Waals surface area contributed by atoms with Crippen LogP contribution in [0.15, 0.2) is 12.5 Å². The van der Waals surface area contributed by atoms with E-state index < -0.39 is 12.0 Å². The summed E-state index contributed by atoms with van der Waals surface area (Å²) in [5.41, 5.74) is 6.19. The highest BCUT2D eigenvalue weighted by atomic mass is 17.2. The highest BCUT2D eigenvalue weighted by Crippen LogP contribution is 1.97. The largest absolute Gasteiger partial charge is 0.359 e. The van der Waals surface area contributed by atoms with Crippen molar-refractivity contribution < 1.29 is 14.6 Å². The van der Waals surface area contributed by atoms with Gasteiger partial charge in [0.05, 0.1) is 19.1 Å². The number of hydrogen-bond acceptors (Lipinski definition) is 5. The van der Waals surface area contributed by atoms with Crippen LogP contribution in [-0.4, -0.2) is 29.1 Å². The van der Waals surface area contributed by atoms with Crippen molar-refractivity contribution in [1.29, 1.82) is 0 Å². The summed E-state index contributed by atoms with van der Waals surface area (Å²) in [5.74, 6) is -0.606. The average molecular weight is 185 g/mol. The lowest BCUT2D eigenvalue weighted by atomic mass is 10.2. The van der Waals surface area contributed by atoms with Gasteiger partial charge in [-0.3, -0.25) is 4.89 Å². The Kier molecular flexibility index (Phi) is 3.41. The second-order valence-electron chi connectivity index (χ2n) is 2.44. The molecule has 1 heterocycles. The topological polar surface area (TPSA) is 90.2 Å². The van der Waals surface area contributed by atoms with Crippen LogP contribution in [0.2, 0.25) is 0 Å². The van der Waals surface area contributed by atoms with Crippen LogP contribution in [-0.2, 0) is 21.0 Å². The molecule has 0 aliphatic carbocycles. The molecule has 0 bridgehead atoms. The minimum atomic E-state index is -0.747. The van der Waals surface area contributed by atoms with Gasteiger partial charge in [-0.1, -0.05) is 0 Å². The average Bonchev–Trinajstić information content (AvgIpc) is 2.57. The Morgan fingerprint density at radius 1 is 1.85 bits per heavy atom. The SMILES string of the molecule is COOC(=O)C(N)Cc1c[nH]cn1. The van der Waals surface area contributed by atoms with Gasteiger partial charge >= 0.3 is 5.97 Å². The molecule has 1 aromatic heterocycles. The standard InChI is InChI=1S/C7H11N3O3/c1-12-13-7(11)6(8)2-5-3-9-4-10-5/h3-4,6H,2,8H2,1H3,(H,9,10). The maximum Gasteiger partial charge on any atom is 0.359 e. The van der Waals surface area contributed by atoms with E-state index in [4.69, 9.17) is 5.73 Å². The fourth-order valence-electron chi connectivity index (χ4n) is 0.855. The number of rotatable bonds is 4. The van der Waals surface area contributed by atoms with Crippen LogP contribution in [0, 0.1) is 0 Å². The van der Waals surface area contributed by atoms with Crippen LogP contribution >= 0.6 is 0 Å². The first-order valence-corrected chi connectivity index (χ1v) is 3.71. The number of nitrogens with two attached hydrogens (primary N) is 1. The molecule has 1 atom stereocenters. The van der Waals surface area contributed by atoms with E-state index in [0.29, 0.717) is 12.1 Å². The Balaban J connectivity index is 2.41. The molecule has 0 fully saturated rings. The molecule has 1 aromatic rings. The molecule has 6 nitrogen and oxygen atoms in total. The second-order valence-corrected chi connectivity index (χ2v) is 2.44. The number of nitrogens with zero attached hydrogens (tertiary/aromatic N) is 1. The third kappa shape index (κ3) is 2.85. The fourth-order valence-corrected chi connectivity index (χ4v) is 0.855. The van der Waals surface area contributed by atoms with Crippen LogP contribution in [0.5, 0.6) is 0 Å². The van der Waals surface area contributed by atoms with E-state index in [1.54, 1.807) is 6.20 Å². The fraction of sp³-hybridized carbons (Fsp3) is 0.429. The zero-order chi connectivity index (χ0) is 9.68. The van der Waals surface area contributed by atoms with Crippen molar-refractivity contribution in [2.75, 3.05) is 7.11 Å². The van der Waals surface area contributed by atoms with E-state index in [0.717, 1.165) is 0 Å². The normalized spacial score (nSPS) is 12.5. The van der Waals surface area contributed by atoms with Crippen LogP contribution in [0.4, 0.5) is 0 Å². The minimum absolute atomic E-state index is 0.325. The van der Waals surface area contributed by atoms with Crippen molar-refractivity contribution >= 4 is 5.97 Å². The van der Waals surface area contributed by atoms with E-state index >= 15 is 0 Å². The van der Waals surface area contributed by atoms with Gasteiger partial charge in [0.25, 0.3) is 0 Å². The molecular weight excluding hydrogens is 174 g/mol. The van der Waals surface area contributed by atoms with Crippen molar-refractivity contribution in [3.8, 4) is 0 Å². The molecule has 0 aliphatic heterocycles. The lowest BCUT2D eigenvalue weighted by Crippen LogP contribution is -2.34. The summed E-state index contributed by atoms with van der Waals surface area (Å²) < 4.78 is 0. The molecule has 0 spiro atoms. The highest BCUT2D eigenvalue weighted by molar-refractivity contribution is 5.75. The molecule has 6 heteroatoms. The quantitative estimate of drug-likeness (QED) is 0.482. The first-order valence-electron chi connectivity index (χ1n) is 3.71. The van der Waals surface area contributed by atoms with E-state index in [1.807, 2.05) is 0 Å². The van der Waals surface area contributed by atoms with E-state index in [1.165, 1.54) is 13.4 Å². The molecule has 3 N–H and O–H groups in total. The molecule has 1 rings (SSSR count). The molecule has 0 saturated carbocycles. The predicted octanol–water partition coefficient (Wildman–Crippen LogP) is -0.616. The van der Waals surface area contributed by atoms with Gasteiger partial charge in [0.15, 0.2) is 0 Å². The second kappa shape index (κ2) is 4.58. The molecule has 1 unspecified atom stereocenters.